The van der Waals surface area contributed by atoms with Gasteiger partial charge in [-0.05, 0) is 60.1 Å². The van der Waals surface area contributed by atoms with Crippen LogP contribution in [0.25, 0.3) is 26.2 Å². The summed E-state index contributed by atoms with van der Waals surface area (Å²) in [6, 6.07) is 11.1. The lowest BCUT2D eigenvalue weighted by atomic mass is 9.73. The first kappa shape index (κ1) is 41.6. The number of likely N-dealkylation sites (N-methyl/N-ethyl adjacent to an activating group) is 1. The van der Waals surface area contributed by atoms with Crippen LogP contribution in [-0.2, 0) is 29.1 Å². The number of rotatable bonds is 15. The third kappa shape index (κ3) is 9.33. The van der Waals surface area contributed by atoms with Crippen LogP contribution in [0.1, 0.15) is 30.7 Å². The number of carboxylic acid groups (broad SMARTS) is 1. The number of carboxylic acids is 1. The molecule has 1 N–H and O–H groups in total. The first-order chi connectivity index (χ1) is 27.7. The fraction of sp³-hybridized carbons (Fsp3) is 0.400. The normalized spacial score (nSPS) is 18.2. The monoisotopic (exact) mass is 860 g/mol. The number of ether oxygens (including phenoxy) is 3. The Bertz CT molecular complexity index is 2320. The summed E-state index contributed by atoms with van der Waals surface area (Å²) >= 11 is 9.24. The fourth-order valence-corrected chi connectivity index (χ4v) is 8.69. The van der Waals surface area contributed by atoms with E-state index in [1.807, 2.05) is 26.0 Å². The van der Waals surface area contributed by atoms with Gasteiger partial charge in [0.1, 0.15) is 31.3 Å². The highest BCUT2D eigenvalue weighted by Crippen LogP contribution is 2.52. The van der Waals surface area contributed by atoms with Gasteiger partial charge in [0.05, 0.1) is 31.7 Å². The van der Waals surface area contributed by atoms with Gasteiger partial charge in [0.2, 0.25) is 12.0 Å². The molecule has 0 amide bonds. The predicted molar refractivity (Wildman–Crippen MR) is 215 cm³/mol. The Kier molecular flexibility index (Phi) is 12.4. The average molecular weight is 861 g/mol. The minimum absolute atomic E-state index is 0.0403. The van der Waals surface area contributed by atoms with Gasteiger partial charge >= 0.3 is 12.1 Å². The van der Waals surface area contributed by atoms with Crippen LogP contribution in [0, 0.1) is 10.5 Å². The minimum Gasteiger partial charge on any atom is -0.495 e. The molecule has 1 aromatic carbocycles. The lowest BCUT2D eigenvalue weighted by Crippen LogP contribution is -2.45. The van der Waals surface area contributed by atoms with E-state index in [0.717, 1.165) is 65.8 Å². The standard InChI is InChI=1S/C40H41ClF4N6O5S2/c1-39(2)26(8-9-28(36(39)41)54-19-18-50-16-14-49(3)15-17-50)33-34-31(21-46-35(33)30-10-11-32(42)57-30)58-48-37(34)56-29(38(52)53)20-24-6-4-5-7-27(24)55-22-25-12-13-47-51(25)23-40(43,44)45/h4-13,21,29,36H,14-20,22-23H2,1-3H3,(H,52,53)/t29-,36?/m1/s1. The Hall–Kier alpha value is -4.55. The molecule has 58 heavy (non-hydrogen) atoms. The molecule has 0 spiro atoms. The minimum atomic E-state index is -4.48. The topological polar surface area (TPSA) is 115 Å². The Morgan fingerprint density at radius 1 is 1.09 bits per heavy atom. The molecule has 0 bridgehead atoms. The molecule has 2 atom stereocenters. The molecular weight excluding hydrogens is 820 g/mol. The van der Waals surface area contributed by atoms with E-state index in [1.165, 1.54) is 18.3 Å². The van der Waals surface area contributed by atoms with Crippen molar-refractivity contribution in [3.63, 3.8) is 0 Å². The molecule has 7 rings (SSSR count). The highest BCUT2D eigenvalue weighted by molar-refractivity contribution is 7.14. The molecule has 0 saturated carbocycles. The van der Waals surface area contributed by atoms with Gasteiger partial charge < -0.3 is 24.2 Å². The molecule has 1 saturated heterocycles. The van der Waals surface area contributed by atoms with Gasteiger partial charge in [-0.15, -0.1) is 22.9 Å². The molecule has 2 aliphatic rings. The number of fused-ring (bicyclic) bond motifs is 1. The van der Waals surface area contributed by atoms with Crippen molar-refractivity contribution in [2.24, 2.45) is 5.41 Å². The maximum Gasteiger partial charge on any atom is 0.408 e. The third-order valence-corrected chi connectivity index (χ3v) is 12.6. The van der Waals surface area contributed by atoms with Gasteiger partial charge in [-0.2, -0.15) is 27.0 Å². The van der Waals surface area contributed by atoms with Crippen molar-refractivity contribution in [3.8, 4) is 22.2 Å². The Balaban J connectivity index is 1.19. The van der Waals surface area contributed by atoms with Gasteiger partial charge in [0.15, 0.2) is 5.13 Å². The summed E-state index contributed by atoms with van der Waals surface area (Å²) in [6.07, 6.45) is 0.495. The zero-order chi connectivity index (χ0) is 41.2. The second-order valence-electron chi connectivity index (χ2n) is 14.7. The lowest BCUT2D eigenvalue weighted by Gasteiger charge is -2.38. The Morgan fingerprint density at radius 3 is 2.59 bits per heavy atom. The number of benzene rings is 1. The van der Waals surface area contributed by atoms with Crippen molar-refractivity contribution in [1.29, 1.82) is 0 Å². The number of pyridine rings is 1. The third-order valence-electron chi connectivity index (χ3n) is 10.2. The van der Waals surface area contributed by atoms with Gasteiger partial charge in [-0.3, -0.25) is 14.6 Å². The summed E-state index contributed by atoms with van der Waals surface area (Å²) in [6.45, 7) is 7.60. The second kappa shape index (κ2) is 17.4. The molecule has 1 aliphatic heterocycles. The molecule has 1 aliphatic carbocycles. The molecule has 11 nitrogen and oxygen atoms in total. The maximum absolute atomic E-state index is 14.5. The number of alkyl halides is 4. The number of aliphatic carboxylic acids is 1. The molecule has 1 unspecified atom stereocenters. The highest BCUT2D eigenvalue weighted by Gasteiger charge is 2.41. The summed E-state index contributed by atoms with van der Waals surface area (Å²) in [5.74, 6) is -0.360. The predicted octanol–water partition coefficient (Wildman–Crippen LogP) is 8.15. The summed E-state index contributed by atoms with van der Waals surface area (Å²) in [4.78, 5) is 22.8. The van der Waals surface area contributed by atoms with Gasteiger partial charge in [0.25, 0.3) is 0 Å². The quantitative estimate of drug-likeness (QED) is 0.0818. The van der Waals surface area contributed by atoms with Gasteiger partial charge in [-0.25, -0.2) is 4.79 Å². The van der Waals surface area contributed by atoms with E-state index in [1.54, 1.807) is 36.5 Å². The molecule has 308 valence electrons. The molecular formula is C40H41ClF4N6O5S2. The number of allylic oxidation sites excluding steroid dienone is 4. The van der Waals surface area contributed by atoms with E-state index in [9.17, 15) is 27.5 Å². The summed E-state index contributed by atoms with van der Waals surface area (Å²) in [7, 11) is 2.11. The summed E-state index contributed by atoms with van der Waals surface area (Å²) < 4.78 is 78.3. The van der Waals surface area contributed by atoms with Crippen LogP contribution in [0.4, 0.5) is 17.6 Å². The maximum atomic E-state index is 14.5. The number of aromatic nitrogens is 4. The van der Waals surface area contributed by atoms with Crippen molar-refractivity contribution in [3.05, 3.63) is 94.7 Å². The van der Waals surface area contributed by atoms with Crippen molar-refractivity contribution in [2.75, 3.05) is 46.4 Å². The van der Waals surface area contributed by atoms with Crippen LogP contribution in [0.2, 0.25) is 0 Å². The van der Waals surface area contributed by atoms with E-state index in [4.69, 9.17) is 30.8 Å². The van der Waals surface area contributed by atoms with E-state index >= 15 is 0 Å². The van der Waals surface area contributed by atoms with Crippen molar-refractivity contribution < 1.29 is 41.7 Å². The molecule has 18 heteroatoms. The van der Waals surface area contributed by atoms with Crippen molar-refractivity contribution in [1.82, 2.24) is 28.9 Å². The van der Waals surface area contributed by atoms with Crippen LogP contribution in [0.5, 0.6) is 11.6 Å². The Morgan fingerprint density at radius 2 is 1.86 bits per heavy atom. The first-order valence-corrected chi connectivity index (χ1v) is 20.5. The molecule has 5 heterocycles. The number of hydrogen-bond donors (Lipinski definition) is 1. The van der Waals surface area contributed by atoms with E-state index in [0.29, 0.717) is 44.2 Å². The average Bonchev–Trinajstić information content (AvgIpc) is 3.92. The number of thiophene rings is 1. The lowest BCUT2D eigenvalue weighted by molar-refractivity contribution is -0.145. The highest BCUT2D eigenvalue weighted by atomic mass is 35.5. The number of carbonyl (C=O) groups is 1. The van der Waals surface area contributed by atoms with E-state index in [-0.39, 0.29) is 30.4 Å². The number of halogens is 5. The molecule has 4 aromatic heterocycles. The van der Waals surface area contributed by atoms with Crippen LogP contribution in [0.15, 0.2) is 72.8 Å². The van der Waals surface area contributed by atoms with Crippen molar-refractivity contribution >= 4 is 56.1 Å². The van der Waals surface area contributed by atoms with Gasteiger partial charge in [0, 0.05) is 62.5 Å². The number of nitrogens with zero attached hydrogens (tertiary/aromatic N) is 6. The Labute approximate surface area is 345 Å². The zero-order valence-corrected chi connectivity index (χ0v) is 34.2. The van der Waals surface area contributed by atoms with Crippen LogP contribution in [0.3, 0.4) is 0 Å². The SMILES string of the molecule is CN1CCN(CCOC2=CC=C(c3c(-c4ccc(F)s4)ncc4snc(O[C@H](Cc5ccccc5OCc5ccnn5CC(F)(F)F)C(=O)O)c34)C(C)(C)C2Cl)CC1. The molecule has 5 aromatic rings. The van der Waals surface area contributed by atoms with Crippen LogP contribution < -0.4 is 9.47 Å². The van der Waals surface area contributed by atoms with Crippen LogP contribution in [-0.4, -0.2) is 104 Å². The first-order valence-electron chi connectivity index (χ1n) is 18.5. The van der Waals surface area contributed by atoms with Crippen molar-refractivity contribution in [2.45, 2.75) is 51.1 Å². The van der Waals surface area contributed by atoms with E-state index < -0.39 is 40.7 Å². The van der Waals surface area contributed by atoms with Crippen LogP contribution >= 0.6 is 34.5 Å². The molecule has 0 radical (unpaired) electrons. The number of piperazine rings is 1. The van der Waals surface area contributed by atoms with Gasteiger partial charge in [-0.1, -0.05) is 38.1 Å². The summed E-state index contributed by atoms with van der Waals surface area (Å²) in [5.41, 5.74) is 1.65. The second-order valence-corrected chi connectivity index (χ2v) is 17.0. The largest absolute Gasteiger partial charge is 0.495 e. The number of para-hydroxylation sites is 1. The summed E-state index contributed by atoms with van der Waals surface area (Å²) in [5, 5.41) is 13.7. The smallest absolute Gasteiger partial charge is 0.408 e. The number of hydrogen-bond acceptors (Lipinski definition) is 11. The molecule has 1 fully saturated rings. The fourth-order valence-electron chi connectivity index (χ4n) is 7.00. The zero-order valence-electron chi connectivity index (χ0n) is 31.8. The van der Waals surface area contributed by atoms with E-state index in [2.05, 4.69) is 26.3 Å².